The number of ether oxygens (including phenoxy) is 1. The van der Waals surface area contributed by atoms with Crippen molar-refractivity contribution in [1.29, 1.82) is 0 Å². The van der Waals surface area contributed by atoms with Gasteiger partial charge in [0, 0.05) is 6.07 Å². The third-order valence-electron chi connectivity index (χ3n) is 2.74. The summed E-state index contributed by atoms with van der Waals surface area (Å²) in [4.78, 5) is 21.2. The van der Waals surface area contributed by atoms with Crippen molar-refractivity contribution in [1.82, 2.24) is 0 Å². The third kappa shape index (κ3) is 2.11. The summed E-state index contributed by atoms with van der Waals surface area (Å²) < 4.78 is 18.0. The van der Waals surface area contributed by atoms with E-state index in [9.17, 15) is 19.3 Å². The van der Waals surface area contributed by atoms with Crippen LogP contribution in [-0.4, -0.2) is 18.0 Å². The maximum Gasteiger partial charge on any atom is 0.338 e. The number of carbonyl (C=O) groups excluding carboxylic acids is 1. The Kier molecular flexibility index (Phi) is 2.79. The predicted molar refractivity (Wildman–Crippen MR) is 56.4 cm³/mol. The lowest BCUT2D eigenvalue weighted by Crippen LogP contribution is -2.07. The maximum absolute atomic E-state index is 13.4. The highest BCUT2D eigenvalue weighted by Crippen LogP contribution is 2.43. The molecule has 1 aromatic rings. The van der Waals surface area contributed by atoms with E-state index < -0.39 is 22.4 Å². The van der Waals surface area contributed by atoms with Crippen LogP contribution in [0, 0.1) is 15.9 Å². The van der Waals surface area contributed by atoms with E-state index in [2.05, 4.69) is 4.74 Å². The molecule has 0 unspecified atom stereocenters. The number of nitro benzene ring substituents is 1. The summed E-state index contributed by atoms with van der Waals surface area (Å²) in [6.45, 7) is 0. The third-order valence-corrected chi connectivity index (χ3v) is 2.74. The van der Waals surface area contributed by atoms with E-state index in [1.54, 1.807) is 0 Å². The largest absolute Gasteiger partial charge is 0.465 e. The van der Waals surface area contributed by atoms with Gasteiger partial charge in [-0.15, -0.1) is 0 Å². The summed E-state index contributed by atoms with van der Waals surface area (Å²) in [6, 6.07) is 2.02. The summed E-state index contributed by atoms with van der Waals surface area (Å²) in [5.41, 5.74) is -0.113. The van der Waals surface area contributed by atoms with Crippen molar-refractivity contribution >= 4 is 11.7 Å². The average Bonchev–Trinajstić information content (AvgIpc) is 3.11. The minimum atomic E-state index is -0.912. The van der Waals surface area contributed by atoms with Crippen molar-refractivity contribution in [2.24, 2.45) is 0 Å². The van der Waals surface area contributed by atoms with Gasteiger partial charge < -0.3 is 4.74 Å². The van der Waals surface area contributed by atoms with Crippen molar-refractivity contribution in [2.45, 2.75) is 18.8 Å². The van der Waals surface area contributed by atoms with E-state index in [1.807, 2.05) is 0 Å². The summed E-state index contributed by atoms with van der Waals surface area (Å²) in [7, 11) is 1.19. The molecule has 2 rings (SSSR count). The van der Waals surface area contributed by atoms with Gasteiger partial charge in [0.15, 0.2) is 0 Å². The van der Waals surface area contributed by atoms with Crippen molar-refractivity contribution in [2.75, 3.05) is 7.11 Å². The number of hydrogen-bond donors (Lipinski definition) is 0. The van der Waals surface area contributed by atoms with Gasteiger partial charge >= 0.3 is 11.7 Å². The lowest BCUT2D eigenvalue weighted by molar-refractivity contribution is -0.387. The van der Waals surface area contributed by atoms with Crippen LogP contribution in [0.5, 0.6) is 0 Å². The Bertz CT molecular complexity index is 496. The second-order valence-electron chi connectivity index (χ2n) is 3.91. The molecule has 90 valence electrons. The molecule has 1 aliphatic rings. The Morgan fingerprint density at radius 3 is 2.65 bits per heavy atom. The monoisotopic (exact) mass is 239 g/mol. The van der Waals surface area contributed by atoms with Crippen LogP contribution in [0.15, 0.2) is 12.1 Å². The van der Waals surface area contributed by atoms with Crippen LogP contribution >= 0.6 is 0 Å². The number of esters is 1. The number of carbonyl (C=O) groups is 1. The number of hydrogen-bond acceptors (Lipinski definition) is 4. The minimum Gasteiger partial charge on any atom is -0.465 e. The summed E-state index contributed by atoms with van der Waals surface area (Å²) in [6.07, 6.45) is 1.72. The zero-order valence-corrected chi connectivity index (χ0v) is 9.10. The number of methoxy groups -OCH3 is 1. The summed E-state index contributed by atoms with van der Waals surface area (Å²) in [5.74, 6) is -1.47. The quantitative estimate of drug-likeness (QED) is 0.461. The van der Waals surface area contributed by atoms with E-state index in [0.29, 0.717) is 5.56 Å². The highest BCUT2D eigenvalue weighted by molar-refractivity contribution is 5.92. The van der Waals surface area contributed by atoms with Crippen LogP contribution < -0.4 is 0 Å². The Hall–Kier alpha value is -1.98. The molecule has 1 fully saturated rings. The standard InChI is InChI=1S/C11H10FNO4/c1-17-11(14)8-5-10(13(15)16)9(12)4-7(8)6-2-3-6/h4-6H,2-3H2,1H3. The Balaban J connectivity index is 2.55. The van der Waals surface area contributed by atoms with E-state index >= 15 is 0 Å². The predicted octanol–water partition coefficient (Wildman–Crippen LogP) is 2.40. The average molecular weight is 239 g/mol. The van der Waals surface area contributed by atoms with E-state index in [-0.39, 0.29) is 11.5 Å². The van der Waals surface area contributed by atoms with Crippen molar-refractivity contribution in [3.05, 3.63) is 39.2 Å². The number of nitrogens with zero attached hydrogens (tertiary/aromatic N) is 1. The normalized spacial score (nSPS) is 14.5. The molecule has 17 heavy (non-hydrogen) atoms. The van der Waals surface area contributed by atoms with E-state index in [4.69, 9.17) is 0 Å². The highest BCUT2D eigenvalue weighted by atomic mass is 19.1. The van der Waals surface area contributed by atoms with Crippen LogP contribution in [0.3, 0.4) is 0 Å². The van der Waals surface area contributed by atoms with Gasteiger partial charge in [0.05, 0.1) is 17.6 Å². The molecule has 5 nitrogen and oxygen atoms in total. The molecule has 0 amide bonds. The lowest BCUT2D eigenvalue weighted by Gasteiger charge is -2.07. The fraction of sp³-hybridized carbons (Fsp3) is 0.364. The van der Waals surface area contributed by atoms with Gasteiger partial charge in [0.1, 0.15) is 0 Å². The van der Waals surface area contributed by atoms with Crippen LogP contribution in [-0.2, 0) is 4.74 Å². The molecule has 1 aliphatic carbocycles. The first-order valence-corrected chi connectivity index (χ1v) is 5.10. The lowest BCUT2D eigenvalue weighted by atomic mass is 10.0. The molecule has 0 aromatic heterocycles. The van der Waals surface area contributed by atoms with Crippen LogP contribution in [0.1, 0.15) is 34.7 Å². The fourth-order valence-electron chi connectivity index (χ4n) is 1.74. The van der Waals surface area contributed by atoms with Crippen LogP contribution in [0.2, 0.25) is 0 Å². The maximum atomic E-state index is 13.4. The Morgan fingerprint density at radius 2 is 2.18 bits per heavy atom. The molecule has 0 radical (unpaired) electrons. The number of rotatable bonds is 3. The van der Waals surface area contributed by atoms with Gasteiger partial charge in [-0.2, -0.15) is 4.39 Å². The first-order valence-electron chi connectivity index (χ1n) is 5.10. The van der Waals surface area contributed by atoms with Gasteiger partial charge in [-0.05, 0) is 30.4 Å². The highest BCUT2D eigenvalue weighted by Gasteiger charge is 2.31. The van der Waals surface area contributed by atoms with Crippen molar-refractivity contribution < 1.29 is 18.8 Å². The number of halogens is 1. The molecule has 0 bridgehead atoms. The topological polar surface area (TPSA) is 69.4 Å². The molecule has 0 saturated heterocycles. The van der Waals surface area contributed by atoms with Gasteiger partial charge in [-0.3, -0.25) is 10.1 Å². The number of nitro groups is 1. The van der Waals surface area contributed by atoms with Gasteiger partial charge in [0.2, 0.25) is 5.82 Å². The van der Waals surface area contributed by atoms with Gasteiger partial charge in [-0.25, -0.2) is 4.79 Å². The molecule has 0 N–H and O–H groups in total. The molecule has 1 saturated carbocycles. The van der Waals surface area contributed by atoms with E-state index in [0.717, 1.165) is 25.0 Å². The molecular weight excluding hydrogens is 229 g/mol. The van der Waals surface area contributed by atoms with Crippen LogP contribution in [0.25, 0.3) is 0 Å². The SMILES string of the molecule is COC(=O)c1cc([N+](=O)[O-])c(F)cc1C1CC1. The zero-order chi connectivity index (χ0) is 12.6. The zero-order valence-electron chi connectivity index (χ0n) is 9.10. The first-order chi connectivity index (χ1) is 8.04. The second kappa shape index (κ2) is 4.12. The molecule has 0 spiro atoms. The summed E-state index contributed by atoms with van der Waals surface area (Å²) in [5, 5.41) is 10.6. The van der Waals surface area contributed by atoms with Gasteiger partial charge in [0.25, 0.3) is 0 Å². The van der Waals surface area contributed by atoms with Crippen molar-refractivity contribution in [3.63, 3.8) is 0 Å². The molecule has 6 heteroatoms. The van der Waals surface area contributed by atoms with Crippen molar-refractivity contribution in [3.8, 4) is 0 Å². The molecule has 0 heterocycles. The molecule has 1 aromatic carbocycles. The summed E-state index contributed by atoms with van der Waals surface area (Å²) >= 11 is 0. The Labute approximate surface area is 96.3 Å². The smallest absolute Gasteiger partial charge is 0.338 e. The van der Waals surface area contributed by atoms with Crippen LogP contribution in [0.4, 0.5) is 10.1 Å². The molecular formula is C11H10FNO4. The number of benzene rings is 1. The van der Waals surface area contributed by atoms with E-state index in [1.165, 1.54) is 7.11 Å². The minimum absolute atomic E-state index is 0.0862. The fourth-order valence-corrected chi connectivity index (χ4v) is 1.74. The second-order valence-corrected chi connectivity index (χ2v) is 3.91. The first kappa shape index (κ1) is 11.5. The molecule has 0 aliphatic heterocycles. The molecule has 0 atom stereocenters. The van der Waals surface area contributed by atoms with Gasteiger partial charge in [-0.1, -0.05) is 0 Å². The Morgan fingerprint density at radius 1 is 1.53 bits per heavy atom.